The van der Waals surface area contributed by atoms with Crippen molar-refractivity contribution < 1.29 is 13.2 Å². The summed E-state index contributed by atoms with van der Waals surface area (Å²) >= 11 is 0. The van der Waals surface area contributed by atoms with Crippen LogP contribution >= 0.6 is 0 Å². The van der Waals surface area contributed by atoms with Crippen molar-refractivity contribution >= 4 is 22.0 Å². The highest BCUT2D eigenvalue weighted by atomic mass is 32.2. The highest BCUT2D eigenvalue weighted by molar-refractivity contribution is 7.89. The van der Waals surface area contributed by atoms with E-state index in [1.165, 1.54) is 38.4 Å². The lowest BCUT2D eigenvalue weighted by Crippen LogP contribution is -2.22. The van der Waals surface area contributed by atoms with E-state index in [0.717, 1.165) is 10.4 Å². The molecular formula is C12H13N3O3S. The monoisotopic (exact) mass is 279 g/mol. The summed E-state index contributed by atoms with van der Waals surface area (Å²) in [6, 6.07) is 5.97. The molecule has 0 spiro atoms. The maximum absolute atomic E-state index is 11.9. The van der Waals surface area contributed by atoms with E-state index in [0.29, 0.717) is 5.56 Å². The minimum Gasteiger partial charge on any atom is -0.366 e. The molecule has 1 rings (SSSR count). The van der Waals surface area contributed by atoms with E-state index in [2.05, 4.69) is 0 Å². The van der Waals surface area contributed by atoms with E-state index in [1.807, 2.05) is 6.07 Å². The number of amides is 1. The van der Waals surface area contributed by atoms with Crippen LogP contribution in [0.25, 0.3) is 6.08 Å². The van der Waals surface area contributed by atoms with Gasteiger partial charge in [0.25, 0.3) is 0 Å². The lowest BCUT2D eigenvalue weighted by Gasteiger charge is -2.12. The van der Waals surface area contributed by atoms with Crippen molar-refractivity contribution in [3.8, 4) is 6.07 Å². The molecule has 0 aliphatic carbocycles. The number of carbonyl (C=O) groups excluding carboxylic acids is 1. The molecule has 0 aromatic heterocycles. The summed E-state index contributed by atoms with van der Waals surface area (Å²) in [5, 5.41) is 8.93. The van der Waals surface area contributed by atoms with Crippen molar-refractivity contribution in [3.05, 3.63) is 35.4 Å². The smallest absolute Gasteiger partial charge is 0.242 e. The van der Waals surface area contributed by atoms with Gasteiger partial charge in [-0.1, -0.05) is 0 Å². The standard InChI is InChI=1S/C12H13N3O3S/c1-15(2)19(17,18)11-5-3-10(8-13)9(7-11)4-6-12(14)16/h3-7H,1-2H3,(H2,14,16). The molecule has 0 aliphatic rings. The summed E-state index contributed by atoms with van der Waals surface area (Å²) in [7, 11) is -0.771. The molecule has 0 atom stereocenters. The normalized spacial score (nSPS) is 11.7. The fourth-order valence-corrected chi connectivity index (χ4v) is 2.26. The van der Waals surface area contributed by atoms with Crippen molar-refractivity contribution in [2.45, 2.75) is 4.90 Å². The molecule has 0 saturated carbocycles. The van der Waals surface area contributed by atoms with Gasteiger partial charge in [-0.3, -0.25) is 4.79 Å². The number of rotatable bonds is 4. The highest BCUT2D eigenvalue weighted by Crippen LogP contribution is 2.19. The van der Waals surface area contributed by atoms with E-state index in [1.54, 1.807) is 0 Å². The first-order valence-corrected chi connectivity index (χ1v) is 6.67. The Labute approximate surface area is 111 Å². The summed E-state index contributed by atoms with van der Waals surface area (Å²) in [6.45, 7) is 0. The Morgan fingerprint density at radius 3 is 2.53 bits per heavy atom. The molecule has 0 heterocycles. The van der Waals surface area contributed by atoms with Gasteiger partial charge in [0.2, 0.25) is 15.9 Å². The minimum atomic E-state index is -3.59. The number of hydrogen-bond acceptors (Lipinski definition) is 4. The van der Waals surface area contributed by atoms with Crippen LogP contribution in [0.3, 0.4) is 0 Å². The first-order chi connectivity index (χ1) is 8.78. The fourth-order valence-electron chi connectivity index (χ4n) is 1.32. The molecule has 100 valence electrons. The highest BCUT2D eigenvalue weighted by Gasteiger charge is 2.18. The number of nitrogens with two attached hydrogens (primary N) is 1. The van der Waals surface area contributed by atoms with E-state index < -0.39 is 15.9 Å². The van der Waals surface area contributed by atoms with Gasteiger partial charge >= 0.3 is 0 Å². The summed E-state index contributed by atoms with van der Waals surface area (Å²) in [5.41, 5.74) is 5.55. The zero-order chi connectivity index (χ0) is 14.6. The quantitative estimate of drug-likeness (QED) is 0.800. The first kappa shape index (κ1) is 14.9. The van der Waals surface area contributed by atoms with Gasteiger partial charge < -0.3 is 5.73 Å². The molecule has 7 heteroatoms. The molecule has 0 aliphatic heterocycles. The maximum atomic E-state index is 11.9. The molecule has 19 heavy (non-hydrogen) atoms. The van der Waals surface area contributed by atoms with E-state index in [4.69, 9.17) is 11.0 Å². The van der Waals surface area contributed by atoms with Crippen molar-refractivity contribution in [3.63, 3.8) is 0 Å². The molecular weight excluding hydrogens is 266 g/mol. The number of hydrogen-bond donors (Lipinski definition) is 1. The van der Waals surface area contributed by atoms with Crippen LogP contribution in [0.2, 0.25) is 0 Å². The Morgan fingerprint density at radius 1 is 1.42 bits per heavy atom. The molecule has 1 amide bonds. The Balaban J connectivity index is 3.40. The summed E-state index contributed by atoms with van der Waals surface area (Å²) in [6.07, 6.45) is 2.39. The van der Waals surface area contributed by atoms with Gasteiger partial charge in [-0.15, -0.1) is 0 Å². The second kappa shape index (κ2) is 5.65. The third-order valence-corrected chi connectivity index (χ3v) is 4.16. The number of carbonyl (C=O) groups is 1. The Hall–Kier alpha value is -2.17. The van der Waals surface area contributed by atoms with Crippen LogP contribution in [0.4, 0.5) is 0 Å². The molecule has 0 bridgehead atoms. The number of nitriles is 1. The fraction of sp³-hybridized carbons (Fsp3) is 0.167. The van der Waals surface area contributed by atoms with Gasteiger partial charge in [-0.05, 0) is 29.8 Å². The maximum Gasteiger partial charge on any atom is 0.242 e. The van der Waals surface area contributed by atoms with E-state index in [9.17, 15) is 13.2 Å². The van der Waals surface area contributed by atoms with Crippen molar-refractivity contribution in [1.82, 2.24) is 4.31 Å². The van der Waals surface area contributed by atoms with Crippen LogP contribution < -0.4 is 5.73 Å². The molecule has 1 aromatic rings. The minimum absolute atomic E-state index is 0.0422. The van der Waals surface area contributed by atoms with Gasteiger partial charge in [-0.2, -0.15) is 5.26 Å². The molecule has 6 nitrogen and oxygen atoms in total. The average molecular weight is 279 g/mol. The van der Waals surface area contributed by atoms with Crippen LogP contribution in [0, 0.1) is 11.3 Å². The number of sulfonamides is 1. The summed E-state index contributed by atoms with van der Waals surface area (Å²) < 4.78 is 25.0. The van der Waals surface area contributed by atoms with Gasteiger partial charge in [0.15, 0.2) is 0 Å². The van der Waals surface area contributed by atoms with Gasteiger partial charge in [0, 0.05) is 20.2 Å². The first-order valence-electron chi connectivity index (χ1n) is 5.23. The van der Waals surface area contributed by atoms with Crippen LogP contribution in [-0.4, -0.2) is 32.7 Å². The van der Waals surface area contributed by atoms with Gasteiger partial charge in [-0.25, -0.2) is 12.7 Å². The molecule has 1 aromatic carbocycles. The SMILES string of the molecule is CN(C)S(=O)(=O)c1ccc(C#N)c(C=CC(N)=O)c1. The third kappa shape index (κ3) is 3.40. The Bertz CT molecular complexity index is 670. The summed E-state index contributed by atoms with van der Waals surface area (Å²) in [5.74, 6) is -0.676. The summed E-state index contributed by atoms with van der Waals surface area (Å²) in [4.78, 5) is 10.7. The van der Waals surface area contributed by atoms with Crippen molar-refractivity contribution in [2.24, 2.45) is 5.73 Å². The largest absolute Gasteiger partial charge is 0.366 e. The van der Waals surface area contributed by atoms with Gasteiger partial charge in [0.05, 0.1) is 16.5 Å². The van der Waals surface area contributed by atoms with Crippen LogP contribution in [0.15, 0.2) is 29.2 Å². The van der Waals surface area contributed by atoms with E-state index in [-0.39, 0.29) is 10.5 Å². The topological polar surface area (TPSA) is 104 Å². The lowest BCUT2D eigenvalue weighted by atomic mass is 10.1. The second-order valence-electron chi connectivity index (χ2n) is 3.88. The van der Waals surface area contributed by atoms with Gasteiger partial charge in [0.1, 0.15) is 0 Å². The number of benzene rings is 1. The van der Waals surface area contributed by atoms with Crippen molar-refractivity contribution in [1.29, 1.82) is 5.26 Å². The van der Waals surface area contributed by atoms with Crippen LogP contribution in [0.1, 0.15) is 11.1 Å². The molecule has 0 unspecified atom stereocenters. The predicted molar refractivity (Wildman–Crippen MR) is 70.3 cm³/mol. The number of nitrogens with zero attached hydrogens (tertiary/aromatic N) is 2. The number of primary amides is 1. The molecule has 0 radical (unpaired) electrons. The molecule has 0 saturated heterocycles. The Kier molecular flexibility index (Phi) is 4.43. The van der Waals surface area contributed by atoms with E-state index >= 15 is 0 Å². The molecule has 2 N–H and O–H groups in total. The third-order valence-electron chi connectivity index (χ3n) is 2.35. The zero-order valence-electron chi connectivity index (χ0n) is 10.5. The van der Waals surface area contributed by atoms with Crippen LogP contribution in [0.5, 0.6) is 0 Å². The molecule has 0 fully saturated rings. The van der Waals surface area contributed by atoms with Crippen molar-refractivity contribution in [2.75, 3.05) is 14.1 Å². The van der Waals surface area contributed by atoms with Crippen LogP contribution in [-0.2, 0) is 14.8 Å². The average Bonchev–Trinajstić information content (AvgIpc) is 2.35. The lowest BCUT2D eigenvalue weighted by molar-refractivity contribution is -0.113. The zero-order valence-corrected chi connectivity index (χ0v) is 11.3. The second-order valence-corrected chi connectivity index (χ2v) is 6.04. The Morgan fingerprint density at radius 2 is 2.05 bits per heavy atom. The predicted octanol–water partition coefficient (Wildman–Crippen LogP) is 0.307.